The second-order valence-electron chi connectivity index (χ2n) is 8.33. The van der Waals surface area contributed by atoms with E-state index in [1.807, 2.05) is 0 Å². The largest absolute Gasteiger partial charge is 0.434 e. The molecule has 0 atom stereocenters. The molecule has 0 fully saturated rings. The zero-order chi connectivity index (χ0) is 27.2. The standard InChI is InChI=1S/C25H16Cl2F3N5O2S/c1-38(36,37)19-4-2-3-16(9-19)17-10-20(27)24(34-13-23(31-14-34)25(28,29)30)21(11-17)35-22(12-32-33-35)15-5-7-18(26)8-6-15/h2-14H,1H3. The summed E-state index contributed by atoms with van der Waals surface area (Å²) in [6.45, 7) is 0. The van der Waals surface area contributed by atoms with Gasteiger partial charge in [0, 0.05) is 23.0 Å². The molecule has 0 unspecified atom stereocenters. The van der Waals surface area contributed by atoms with Crippen molar-refractivity contribution in [2.75, 3.05) is 6.26 Å². The number of benzene rings is 3. The molecule has 2 heterocycles. The molecular weight excluding hydrogens is 562 g/mol. The maximum atomic E-state index is 13.3. The molecule has 2 aromatic heterocycles. The summed E-state index contributed by atoms with van der Waals surface area (Å²) in [7, 11) is -3.50. The molecule has 7 nitrogen and oxygen atoms in total. The van der Waals surface area contributed by atoms with Gasteiger partial charge in [0.2, 0.25) is 0 Å². The zero-order valence-electron chi connectivity index (χ0n) is 19.4. The molecule has 5 aromatic rings. The van der Waals surface area contributed by atoms with Gasteiger partial charge >= 0.3 is 6.18 Å². The number of alkyl halides is 3. The monoisotopic (exact) mass is 577 g/mol. The molecule has 0 saturated heterocycles. The highest BCUT2D eigenvalue weighted by atomic mass is 35.5. The predicted octanol–water partition coefficient (Wildman–Crippen LogP) is 6.52. The first-order chi connectivity index (χ1) is 17.9. The first kappa shape index (κ1) is 26.0. The summed E-state index contributed by atoms with van der Waals surface area (Å²) in [5, 5.41) is 8.78. The van der Waals surface area contributed by atoms with Crippen molar-refractivity contribution in [2.24, 2.45) is 0 Å². The smallest absolute Gasteiger partial charge is 0.302 e. The van der Waals surface area contributed by atoms with E-state index >= 15 is 0 Å². The minimum Gasteiger partial charge on any atom is -0.302 e. The van der Waals surface area contributed by atoms with Gasteiger partial charge in [0.1, 0.15) is 0 Å². The Morgan fingerprint density at radius 3 is 2.32 bits per heavy atom. The van der Waals surface area contributed by atoms with Gasteiger partial charge in [-0.2, -0.15) is 13.2 Å². The number of imidazole rings is 1. The van der Waals surface area contributed by atoms with E-state index in [0.29, 0.717) is 27.4 Å². The third-order valence-corrected chi connectivity index (χ3v) is 7.34. The number of halogens is 5. The first-order valence-corrected chi connectivity index (χ1v) is 13.5. The van der Waals surface area contributed by atoms with Gasteiger partial charge in [-0.3, -0.25) is 0 Å². The fraction of sp³-hybridized carbons (Fsp3) is 0.0800. The Morgan fingerprint density at radius 2 is 1.66 bits per heavy atom. The molecule has 0 amide bonds. The SMILES string of the molecule is CS(=O)(=O)c1cccc(-c2cc(Cl)c(-n3cnc(C(F)(F)F)c3)c(-n3nncc3-c3ccc(Cl)cc3)c2)c1. The molecule has 0 aliphatic carbocycles. The number of hydrogen-bond donors (Lipinski definition) is 0. The predicted molar refractivity (Wildman–Crippen MR) is 137 cm³/mol. The van der Waals surface area contributed by atoms with Crippen molar-refractivity contribution in [2.45, 2.75) is 11.1 Å². The fourth-order valence-electron chi connectivity index (χ4n) is 3.90. The van der Waals surface area contributed by atoms with Crippen LogP contribution in [0.25, 0.3) is 33.8 Å². The van der Waals surface area contributed by atoms with Crippen molar-refractivity contribution >= 4 is 33.0 Å². The second kappa shape index (κ2) is 9.57. The van der Waals surface area contributed by atoms with Crippen LogP contribution in [0.3, 0.4) is 0 Å². The summed E-state index contributed by atoms with van der Waals surface area (Å²) in [4.78, 5) is 3.59. The second-order valence-corrected chi connectivity index (χ2v) is 11.2. The molecule has 0 aliphatic rings. The van der Waals surface area contributed by atoms with Gasteiger partial charge in [-0.05, 0) is 47.5 Å². The molecular formula is C25H16Cl2F3N5O2S. The van der Waals surface area contributed by atoms with E-state index in [0.717, 1.165) is 23.3 Å². The summed E-state index contributed by atoms with van der Waals surface area (Å²) < 4.78 is 66.8. The molecule has 3 aromatic carbocycles. The molecule has 0 saturated carbocycles. The minimum atomic E-state index is -4.66. The molecule has 0 aliphatic heterocycles. The molecule has 13 heteroatoms. The fourth-order valence-corrected chi connectivity index (χ4v) is 5.00. The van der Waals surface area contributed by atoms with Crippen LogP contribution < -0.4 is 0 Å². The lowest BCUT2D eigenvalue weighted by Gasteiger charge is -2.17. The zero-order valence-corrected chi connectivity index (χ0v) is 21.7. The van der Waals surface area contributed by atoms with Crippen molar-refractivity contribution in [3.8, 4) is 33.8 Å². The third-order valence-electron chi connectivity index (χ3n) is 5.69. The van der Waals surface area contributed by atoms with Crippen LogP contribution in [0.2, 0.25) is 10.0 Å². The topological polar surface area (TPSA) is 82.7 Å². The maximum absolute atomic E-state index is 13.3. The molecule has 5 rings (SSSR count). The van der Waals surface area contributed by atoms with Crippen molar-refractivity contribution in [3.63, 3.8) is 0 Å². The van der Waals surface area contributed by atoms with Crippen LogP contribution in [0.4, 0.5) is 13.2 Å². The van der Waals surface area contributed by atoms with Crippen LogP contribution in [0.5, 0.6) is 0 Å². The molecule has 0 bridgehead atoms. The third kappa shape index (κ3) is 5.04. The summed E-state index contributed by atoms with van der Waals surface area (Å²) in [5.41, 5.74) is 1.58. The van der Waals surface area contributed by atoms with Gasteiger partial charge in [0.25, 0.3) is 0 Å². The summed E-state index contributed by atoms with van der Waals surface area (Å²) in [6, 6.07) is 16.3. The summed E-state index contributed by atoms with van der Waals surface area (Å²) in [6.07, 6.45) is -0.235. The number of sulfone groups is 1. The lowest BCUT2D eigenvalue weighted by atomic mass is 10.0. The van der Waals surface area contributed by atoms with Crippen LogP contribution in [0.1, 0.15) is 5.69 Å². The molecule has 0 radical (unpaired) electrons. The summed E-state index contributed by atoms with van der Waals surface area (Å²) >= 11 is 12.7. The van der Waals surface area contributed by atoms with E-state index in [1.165, 1.54) is 29.1 Å². The van der Waals surface area contributed by atoms with Crippen LogP contribution >= 0.6 is 23.2 Å². The lowest BCUT2D eigenvalue weighted by Crippen LogP contribution is -2.08. The van der Waals surface area contributed by atoms with E-state index in [-0.39, 0.29) is 21.3 Å². The Bertz CT molecular complexity index is 1760. The van der Waals surface area contributed by atoms with Crippen molar-refractivity contribution in [1.82, 2.24) is 24.5 Å². The first-order valence-electron chi connectivity index (χ1n) is 10.8. The van der Waals surface area contributed by atoms with Gasteiger partial charge in [0.05, 0.1) is 39.5 Å². The molecule has 38 heavy (non-hydrogen) atoms. The highest BCUT2D eigenvalue weighted by Gasteiger charge is 2.34. The van der Waals surface area contributed by atoms with Crippen molar-refractivity contribution in [1.29, 1.82) is 0 Å². The van der Waals surface area contributed by atoms with Crippen LogP contribution in [-0.4, -0.2) is 39.2 Å². The average molecular weight is 578 g/mol. The number of rotatable bonds is 5. The van der Waals surface area contributed by atoms with Gasteiger partial charge in [-0.1, -0.05) is 52.7 Å². The minimum absolute atomic E-state index is 0.0749. The molecule has 0 spiro atoms. The van der Waals surface area contributed by atoms with Crippen LogP contribution in [0, 0.1) is 0 Å². The highest BCUT2D eigenvalue weighted by Crippen LogP contribution is 2.37. The summed E-state index contributed by atoms with van der Waals surface area (Å²) in [5.74, 6) is 0. The van der Waals surface area contributed by atoms with Gasteiger partial charge in [-0.15, -0.1) is 5.10 Å². The Morgan fingerprint density at radius 1 is 0.921 bits per heavy atom. The Kier molecular flexibility index (Phi) is 6.54. The van der Waals surface area contributed by atoms with Crippen molar-refractivity contribution < 1.29 is 21.6 Å². The normalized spacial score (nSPS) is 12.2. The van der Waals surface area contributed by atoms with E-state index < -0.39 is 21.7 Å². The Hall–Kier alpha value is -3.67. The van der Waals surface area contributed by atoms with Gasteiger partial charge in [0.15, 0.2) is 15.5 Å². The van der Waals surface area contributed by atoms with Crippen molar-refractivity contribution in [3.05, 3.63) is 95.1 Å². The highest BCUT2D eigenvalue weighted by molar-refractivity contribution is 7.90. The van der Waals surface area contributed by atoms with Gasteiger partial charge < -0.3 is 4.57 Å². The van der Waals surface area contributed by atoms with Gasteiger partial charge in [-0.25, -0.2) is 18.1 Å². The Labute approximate surface area is 225 Å². The van der Waals surface area contributed by atoms with Crippen LogP contribution in [0.15, 0.2) is 84.3 Å². The number of aromatic nitrogens is 5. The van der Waals surface area contributed by atoms with E-state index in [9.17, 15) is 21.6 Å². The molecule has 194 valence electrons. The quantitative estimate of drug-likeness (QED) is 0.237. The average Bonchev–Trinajstić information content (AvgIpc) is 3.54. The van der Waals surface area contributed by atoms with E-state index in [2.05, 4.69) is 15.3 Å². The van der Waals surface area contributed by atoms with E-state index in [1.54, 1.807) is 42.5 Å². The molecule has 0 N–H and O–H groups in total. The lowest BCUT2D eigenvalue weighted by molar-refractivity contribution is -0.140. The number of hydrogen-bond acceptors (Lipinski definition) is 5. The van der Waals surface area contributed by atoms with Crippen LogP contribution in [-0.2, 0) is 16.0 Å². The number of nitrogens with zero attached hydrogens (tertiary/aromatic N) is 5. The van der Waals surface area contributed by atoms with E-state index in [4.69, 9.17) is 23.2 Å². The maximum Gasteiger partial charge on any atom is 0.434 e. The Balaban J connectivity index is 1.76.